The molecule has 2 aromatic carbocycles. The maximum absolute atomic E-state index is 12.9. The molecular weight excluding hydrogens is 560 g/mol. The van der Waals surface area contributed by atoms with Gasteiger partial charge in [-0.05, 0) is 76.4 Å². The van der Waals surface area contributed by atoms with Crippen LogP contribution < -0.4 is 15.2 Å². The van der Waals surface area contributed by atoms with Crippen LogP contribution in [0.5, 0.6) is 11.5 Å². The summed E-state index contributed by atoms with van der Waals surface area (Å²) in [4.78, 5) is 44.8. The smallest absolute Gasteiger partial charge is 0.306 e. The molecule has 2 fully saturated rings. The van der Waals surface area contributed by atoms with Crippen molar-refractivity contribution in [1.29, 1.82) is 0 Å². The Morgan fingerprint density at radius 3 is 2.16 bits per heavy atom. The Morgan fingerprint density at radius 1 is 0.886 bits per heavy atom. The number of carbonyl (C=O) groups excluding carboxylic acids is 3. The summed E-state index contributed by atoms with van der Waals surface area (Å²) in [5.74, 6) is 0.540. The van der Waals surface area contributed by atoms with Crippen LogP contribution in [0.25, 0.3) is 0 Å². The van der Waals surface area contributed by atoms with Crippen molar-refractivity contribution in [2.24, 2.45) is 5.73 Å². The number of piperazine rings is 1. The van der Waals surface area contributed by atoms with Crippen molar-refractivity contribution in [1.82, 2.24) is 14.7 Å². The number of likely N-dealkylation sites (N-methyl/N-ethyl adjacent to an activating group) is 1. The average Bonchev–Trinajstić information content (AvgIpc) is 3.02. The SMILES string of the molecule is COc1ccc(OC)c(CN2CCN(C(=O)CCCC(=O)OC3(C(N)=O)CCC(Cc4ccccc4)(N(C)C)CC3)CC2)c1. The lowest BCUT2D eigenvalue weighted by Gasteiger charge is -2.48. The molecule has 0 radical (unpaired) electrons. The quantitative estimate of drug-likeness (QED) is 0.344. The van der Waals surface area contributed by atoms with Gasteiger partial charge in [0.2, 0.25) is 5.91 Å². The van der Waals surface area contributed by atoms with Crippen molar-refractivity contribution < 1.29 is 28.6 Å². The summed E-state index contributed by atoms with van der Waals surface area (Å²) in [7, 11) is 7.41. The maximum Gasteiger partial charge on any atom is 0.306 e. The monoisotopic (exact) mass is 608 g/mol. The van der Waals surface area contributed by atoms with Gasteiger partial charge in [-0.25, -0.2) is 0 Å². The van der Waals surface area contributed by atoms with E-state index in [-0.39, 0.29) is 24.3 Å². The minimum Gasteiger partial charge on any atom is -0.497 e. The number of ether oxygens (including phenoxy) is 3. The number of carbonyl (C=O) groups is 3. The highest BCUT2D eigenvalue weighted by Crippen LogP contribution is 2.42. The molecule has 2 amide bonds. The molecule has 240 valence electrons. The Kier molecular flexibility index (Phi) is 11.3. The zero-order chi connectivity index (χ0) is 31.7. The maximum atomic E-state index is 12.9. The van der Waals surface area contributed by atoms with E-state index in [0.717, 1.165) is 36.6 Å². The number of amides is 2. The zero-order valence-electron chi connectivity index (χ0n) is 26.7. The van der Waals surface area contributed by atoms with E-state index in [1.165, 1.54) is 5.56 Å². The van der Waals surface area contributed by atoms with Crippen molar-refractivity contribution in [3.8, 4) is 11.5 Å². The van der Waals surface area contributed by atoms with Crippen molar-refractivity contribution in [3.63, 3.8) is 0 Å². The van der Waals surface area contributed by atoms with E-state index < -0.39 is 17.5 Å². The number of hydrogen-bond donors (Lipinski definition) is 1. The molecule has 44 heavy (non-hydrogen) atoms. The first-order valence-corrected chi connectivity index (χ1v) is 15.5. The topological polar surface area (TPSA) is 115 Å². The van der Waals surface area contributed by atoms with Crippen LogP contribution in [-0.4, -0.2) is 98.1 Å². The summed E-state index contributed by atoms with van der Waals surface area (Å²) >= 11 is 0. The van der Waals surface area contributed by atoms with E-state index in [1.54, 1.807) is 14.2 Å². The third-order valence-electron chi connectivity index (χ3n) is 9.45. The number of nitrogens with zero attached hydrogens (tertiary/aromatic N) is 3. The highest BCUT2D eigenvalue weighted by Gasteiger charge is 2.49. The highest BCUT2D eigenvalue weighted by atomic mass is 16.6. The number of benzene rings is 2. The molecule has 4 rings (SSSR count). The van der Waals surface area contributed by atoms with Gasteiger partial charge in [0, 0.05) is 56.7 Å². The largest absolute Gasteiger partial charge is 0.497 e. The van der Waals surface area contributed by atoms with Gasteiger partial charge in [0.1, 0.15) is 11.5 Å². The van der Waals surface area contributed by atoms with Crippen LogP contribution in [0.15, 0.2) is 48.5 Å². The summed E-state index contributed by atoms with van der Waals surface area (Å²) in [6.45, 7) is 3.44. The molecule has 2 aromatic rings. The lowest BCUT2D eigenvalue weighted by atomic mass is 9.70. The van der Waals surface area contributed by atoms with Gasteiger partial charge in [-0.1, -0.05) is 30.3 Å². The van der Waals surface area contributed by atoms with Crippen LogP contribution in [0.4, 0.5) is 0 Å². The number of esters is 1. The zero-order valence-corrected chi connectivity index (χ0v) is 26.7. The predicted octanol–water partition coefficient (Wildman–Crippen LogP) is 3.40. The van der Waals surface area contributed by atoms with E-state index >= 15 is 0 Å². The van der Waals surface area contributed by atoms with Crippen LogP contribution in [0.1, 0.15) is 56.1 Å². The molecule has 0 aromatic heterocycles. The van der Waals surface area contributed by atoms with E-state index in [0.29, 0.717) is 51.7 Å². The molecule has 1 saturated heterocycles. The van der Waals surface area contributed by atoms with Gasteiger partial charge in [0.05, 0.1) is 14.2 Å². The van der Waals surface area contributed by atoms with E-state index in [9.17, 15) is 14.4 Å². The fourth-order valence-electron chi connectivity index (χ4n) is 6.49. The lowest BCUT2D eigenvalue weighted by Crippen LogP contribution is -2.57. The second kappa shape index (κ2) is 14.9. The van der Waals surface area contributed by atoms with Crippen LogP contribution in [0, 0.1) is 0 Å². The molecule has 2 aliphatic rings. The standard InChI is InChI=1S/C34H48N4O6/c1-36(2)33(24-26-9-6-5-7-10-26)15-17-34(18-16-33,32(35)41)44-31(40)12-8-11-30(39)38-21-19-37(20-22-38)25-27-23-28(42-3)13-14-29(27)43-4/h5-7,9-10,13-14,23H,8,11-12,15-22,24-25H2,1-4H3,(H2,35,41). The summed E-state index contributed by atoms with van der Waals surface area (Å²) in [6, 6.07) is 16.0. The molecular formula is C34H48N4O6. The number of primary amides is 1. The van der Waals surface area contributed by atoms with Crippen molar-refractivity contribution in [2.75, 3.05) is 54.5 Å². The second-order valence-electron chi connectivity index (χ2n) is 12.3. The normalized spacial score (nSPS) is 22.4. The summed E-state index contributed by atoms with van der Waals surface area (Å²) in [5, 5.41) is 0. The Morgan fingerprint density at radius 2 is 1.57 bits per heavy atom. The molecule has 2 N–H and O–H groups in total. The van der Waals surface area contributed by atoms with Gasteiger partial charge >= 0.3 is 5.97 Å². The van der Waals surface area contributed by atoms with Gasteiger partial charge < -0.3 is 29.7 Å². The van der Waals surface area contributed by atoms with Crippen LogP contribution in [0.2, 0.25) is 0 Å². The molecule has 1 saturated carbocycles. The third kappa shape index (κ3) is 8.09. The molecule has 0 unspecified atom stereocenters. The Balaban J connectivity index is 1.22. The van der Waals surface area contributed by atoms with Crippen molar-refractivity contribution in [3.05, 3.63) is 59.7 Å². The number of methoxy groups -OCH3 is 2. The second-order valence-corrected chi connectivity index (χ2v) is 12.3. The van der Waals surface area contributed by atoms with Gasteiger partial charge in [0.25, 0.3) is 5.91 Å². The fraction of sp³-hybridized carbons (Fsp3) is 0.559. The van der Waals surface area contributed by atoms with E-state index in [4.69, 9.17) is 19.9 Å². The summed E-state index contributed by atoms with van der Waals surface area (Å²) in [6.07, 6.45) is 3.65. The van der Waals surface area contributed by atoms with Gasteiger partial charge in [0.15, 0.2) is 5.60 Å². The molecule has 10 heteroatoms. The first kappa shape index (κ1) is 33.3. The fourth-order valence-corrected chi connectivity index (χ4v) is 6.49. The molecule has 1 heterocycles. The predicted molar refractivity (Wildman–Crippen MR) is 168 cm³/mol. The molecule has 0 bridgehead atoms. The Bertz CT molecular complexity index is 1270. The van der Waals surface area contributed by atoms with E-state index in [2.05, 4.69) is 36.0 Å². The highest BCUT2D eigenvalue weighted by molar-refractivity contribution is 5.87. The minimum atomic E-state index is -1.31. The minimum absolute atomic E-state index is 0.0235. The Labute approximate surface area is 261 Å². The van der Waals surface area contributed by atoms with Crippen LogP contribution in [0.3, 0.4) is 0 Å². The molecule has 0 atom stereocenters. The summed E-state index contributed by atoms with van der Waals surface area (Å²) < 4.78 is 16.7. The number of rotatable bonds is 13. The molecule has 1 aliphatic carbocycles. The average molecular weight is 609 g/mol. The van der Waals surface area contributed by atoms with Gasteiger partial charge in [-0.2, -0.15) is 0 Å². The third-order valence-corrected chi connectivity index (χ3v) is 9.45. The Hall–Kier alpha value is -3.63. The molecule has 1 aliphatic heterocycles. The van der Waals surface area contributed by atoms with Crippen molar-refractivity contribution >= 4 is 17.8 Å². The van der Waals surface area contributed by atoms with E-state index in [1.807, 2.05) is 41.3 Å². The van der Waals surface area contributed by atoms with Gasteiger partial charge in [-0.3, -0.25) is 19.3 Å². The molecule has 0 spiro atoms. The van der Waals surface area contributed by atoms with Crippen LogP contribution >= 0.6 is 0 Å². The summed E-state index contributed by atoms with van der Waals surface area (Å²) in [5.41, 5.74) is 6.64. The first-order chi connectivity index (χ1) is 21.1. The van der Waals surface area contributed by atoms with Gasteiger partial charge in [-0.15, -0.1) is 0 Å². The lowest BCUT2D eigenvalue weighted by molar-refractivity contribution is -0.174. The molecule has 10 nitrogen and oxygen atoms in total. The number of nitrogens with two attached hydrogens (primary N) is 1. The number of hydrogen-bond acceptors (Lipinski definition) is 8. The van der Waals surface area contributed by atoms with Crippen LogP contribution in [-0.2, 0) is 32.1 Å². The van der Waals surface area contributed by atoms with Crippen molar-refractivity contribution in [2.45, 2.75) is 69.1 Å². The first-order valence-electron chi connectivity index (χ1n) is 15.5.